The van der Waals surface area contributed by atoms with E-state index in [0.717, 1.165) is 4.68 Å². The number of hydrogen-bond donors (Lipinski definition) is 0. The van der Waals surface area contributed by atoms with Crippen LogP contribution in [0.1, 0.15) is 4.11 Å². The standard InChI is InChI=1S/C8H6BrN3O/c1-12-8(13)7-5(3-11-12)2-6(9)4-10-7/h2-4H,1H3/i2D,3D,4D. The van der Waals surface area contributed by atoms with E-state index in [0.29, 0.717) is 0 Å². The van der Waals surface area contributed by atoms with Crippen LogP contribution in [0.4, 0.5) is 0 Å². The molecular weight excluding hydrogens is 234 g/mol. The normalized spacial score (nSPS) is 13.8. The first kappa shape index (κ1) is 5.49. The smallest absolute Gasteiger partial charge is 0.265 e. The number of rotatable bonds is 0. The summed E-state index contributed by atoms with van der Waals surface area (Å²) >= 11 is 3.02. The number of nitrogens with zero attached hydrogens (tertiary/aromatic N) is 3. The lowest BCUT2D eigenvalue weighted by atomic mass is 10.3. The summed E-state index contributed by atoms with van der Waals surface area (Å²) in [6.07, 6.45) is -0.393. The number of fused-ring (bicyclic) bond motifs is 1. The Morgan fingerprint density at radius 2 is 2.38 bits per heavy atom. The number of aryl methyl sites for hydroxylation is 1. The molecule has 0 aliphatic carbocycles. The van der Waals surface area contributed by atoms with Crippen molar-refractivity contribution in [2.45, 2.75) is 0 Å². The van der Waals surface area contributed by atoms with E-state index in [9.17, 15) is 4.79 Å². The summed E-state index contributed by atoms with van der Waals surface area (Å²) in [7, 11) is 1.40. The molecule has 0 fully saturated rings. The first-order chi connectivity index (χ1) is 7.43. The lowest BCUT2D eigenvalue weighted by molar-refractivity contribution is 0.716. The number of halogens is 1. The van der Waals surface area contributed by atoms with Gasteiger partial charge in [-0.15, -0.1) is 0 Å². The molecule has 2 rings (SSSR count). The average molecular weight is 243 g/mol. The van der Waals surface area contributed by atoms with Crippen LogP contribution in [0.5, 0.6) is 0 Å². The molecule has 0 saturated heterocycles. The van der Waals surface area contributed by atoms with E-state index in [1.165, 1.54) is 7.05 Å². The molecule has 0 unspecified atom stereocenters. The summed E-state index contributed by atoms with van der Waals surface area (Å²) < 4.78 is 23.9. The van der Waals surface area contributed by atoms with Crippen LogP contribution in [-0.4, -0.2) is 14.8 Å². The zero-order valence-electron chi connectivity index (χ0n) is 9.63. The Balaban J connectivity index is 3.13. The van der Waals surface area contributed by atoms with Crippen molar-refractivity contribution in [3.8, 4) is 0 Å². The van der Waals surface area contributed by atoms with E-state index in [1.807, 2.05) is 0 Å². The molecule has 66 valence electrons. The van der Waals surface area contributed by atoms with E-state index >= 15 is 0 Å². The summed E-state index contributed by atoms with van der Waals surface area (Å²) in [6, 6.07) is -0.106. The van der Waals surface area contributed by atoms with Crippen molar-refractivity contribution in [1.29, 1.82) is 0 Å². The maximum atomic E-state index is 11.7. The van der Waals surface area contributed by atoms with Crippen LogP contribution < -0.4 is 5.56 Å². The van der Waals surface area contributed by atoms with Crippen molar-refractivity contribution < 1.29 is 4.11 Å². The molecule has 0 aliphatic rings. The van der Waals surface area contributed by atoms with Crippen LogP contribution in [0.3, 0.4) is 0 Å². The molecule has 0 aromatic carbocycles. The highest BCUT2D eigenvalue weighted by Crippen LogP contribution is 2.12. The van der Waals surface area contributed by atoms with Crippen LogP contribution in [0, 0.1) is 0 Å². The Hall–Kier alpha value is -1.23. The minimum Gasteiger partial charge on any atom is -0.265 e. The van der Waals surface area contributed by atoms with Gasteiger partial charge in [0, 0.05) is 23.1 Å². The first-order valence-electron chi connectivity index (χ1n) is 4.93. The summed E-state index contributed by atoms with van der Waals surface area (Å²) in [5.74, 6) is 0. The quantitative estimate of drug-likeness (QED) is 0.695. The molecule has 2 aromatic heterocycles. The van der Waals surface area contributed by atoms with Gasteiger partial charge >= 0.3 is 0 Å². The molecular formula is C8H6BrN3O. The van der Waals surface area contributed by atoms with Crippen molar-refractivity contribution in [2.24, 2.45) is 7.05 Å². The fourth-order valence-electron chi connectivity index (χ4n) is 0.917. The Morgan fingerprint density at radius 3 is 3.15 bits per heavy atom. The van der Waals surface area contributed by atoms with E-state index in [4.69, 9.17) is 4.11 Å². The van der Waals surface area contributed by atoms with Gasteiger partial charge in [-0.25, -0.2) is 9.67 Å². The summed E-state index contributed by atoms with van der Waals surface area (Å²) in [5, 5.41) is 3.72. The summed E-state index contributed by atoms with van der Waals surface area (Å²) in [4.78, 5) is 15.4. The minimum absolute atomic E-state index is 0.0611. The third-order valence-electron chi connectivity index (χ3n) is 1.55. The van der Waals surface area contributed by atoms with Crippen LogP contribution in [0.25, 0.3) is 10.9 Å². The molecule has 13 heavy (non-hydrogen) atoms. The van der Waals surface area contributed by atoms with Gasteiger partial charge in [-0.3, -0.25) is 4.79 Å². The molecule has 2 aromatic rings. The minimum atomic E-state index is -0.513. The molecule has 5 heteroatoms. The first-order valence-corrected chi connectivity index (χ1v) is 4.23. The highest BCUT2D eigenvalue weighted by Gasteiger charge is 2.02. The van der Waals surface area contributed by atoms with Crippen LogP contribution in [-0.2, 0) is 7.05 Å². The Kier molecular flexibility index (Phi) is 1.23. The lowest BCUT2D eigenvalue weighted by Crippen LogP contribution is -2.19. The van der Waals surface area contributed by atoms with E-state index in [1.54, 1.807) is 0 Å². The monoisotopic (exact) mass is 242 g/mol. The number of hydrogen-bond acceptors (Lipinski definition) is 3. The molecule has 0 amide bonds. The Bertz CT molecular complexity index is 655. The van der Waals surface area contributed by atoms with Crippen molar-refractivity contribution in [3.05, 3.63) is 33.2 Å². The van der Waals surface area contributed by atoms with Gasteiger partial charge in [0.15, 0.2) is 0 Å². The van der Waals surface area contributed by atoms with E-state index in [2.05, 4.69) is 26.0 Å². The Labute approximate surface area is 86.6 Å². The van der Waals surface area contributed by atoms with Crippen molar-refractivity contribution in [3.63, 3.8) is 0 Å². The maximum Gasteiger partial charge on any atom is 0.292 e. The van der Waals surface area contributed by atoms with Gasteiger partial charge in [0.2, 0.25) is 0 Å². The van der Waals surface area contributed by atoms with Crippen molar-refractivity contribution >= 4 is 26.8 Å². The van der Waals surface area contributed by atoms with Gasteiger partial charge in [0.25, 0.3) is 5.56 Å². The summed E-state index contributed by atoms with van der Waals surface area (Å²) in [6.45, 7) is 0. The second kappa shape index (κ2) is 2.92. The molecule has 0 spiro atoms. The molecule has 0 N–H and O–H groups in total. The van der Waals surface area contributed by atoms with Gasteiger partial charge in [-0.2, -0.15) is 5.10 Å². The predicted octanol–water partition coefficient (Wildman–Crippen LogP) is 1.09. The van der Waals surface area contributed by atoms with E-state index < -0.39 is 5.56 Å². The molecule has 0 saturated carbocycles. The highest BCUT2D eigenvalue weighted by molar-refractivity contribution is 9.10. The second-order valence-corrected chi connectivity index (χ2v) is 3.22. The molecule has 4 nitrogen and oxygen atoms in total. The fraction of sp³-hybridized carbons (Fsp3) is 0.125. The third-order valence-corrected chi connectivity index (χ3v) is 1.92. The Morgan fingerprint density at radius 1 is 1.62 bits per heavy atom. The van der Waals surface area contributed by atoms with Crippen molar-refractivity contribution in [2.75, 3.05) is 0 Å². The second-order valence-electron chi connectivity index (χ2n) is 2.43. The predicted molar refractivity (Wildman–Crippen MR) is 52.5 cm³/mol. The van der Waals surface area contributed by atoms with Gasteiger partial charge in [-0.1, -0.05) is 0 Å². The van der Waals surface area contributed by atoms with Crippen LogP contribution >= 0.6 is 15.9 Å². The van der Waals surface area contributed by atoms with E-state index in [-0.39, 0.29) is 33.8 Å². The summed E-state index contributed by atoms with van der Waals surface area (Å²) in [5.41, 5.74) is -0.582. The van der Waals surface area contributed by atoms with Gasteiger partial charge in [0.05, 0.1) is 10.3 Å². The molecule has 0 radical (unpaired) electrons. The number of aromatic nitrogens is 3. The fourth-order valence-corrected chi connectivity index (χ4v) is 1.20. The zero-order valence-corrected chi connectivity index (χ0v) is 8.21. The van der Waals surface area contributed by atoms with Crippen molar-refractivity contribution in [1.82, 2.24) is 14.8 Å². The average Bonchev–Trinajstić information content (AvgIpc) is 2.22. The van der Waals surface area contributed by atoms with Crippen LogP contribution in [0.2, 0.25) is 0 Å². The lowest BCUT2D eigenvalue weighted by Gasteiger charge is -1.98. The van der Waals surface area contributed by atoms with Gasteiger partial charge in [0.1, 0.15) is 5.52 Å². The topological polar surface area (TPSA) is 47.8 Å². The molecule has 0 bridgehead atoms. The van der Waals surface area contributed by atoms with Gasteiger partial charge < -0.3 is 0 Å². The molecule has 2 heterocycles. The van der Waals surface area contributed by atoms with Gasteiger partial charge in [-0.05, 0) is 22.0 Å². The SMILES string of the molecule is [2H]c1nc2c(=O)n(C)nc([2H])c2c([2H])c1Br. The molecule has 0 atom stereocenters. The zero-order chi connectivity index (χ0) is 12.0. The maximum absolute atomic E-state index is 11.7. The number of pyridine rings is 1. The molecule has 0 aliphatic heterocycles. The largest absolute Gasteiger partial charge is 0.292 e. The third kappa shape index (κ3) is 1.35. The van der Waals surface area contributed by atoms with Crippen LogP contribution in [0.15, 0.2) is 27.7 Å². The highest BCUT2D eigenvalue weighted by atomic mass is 79.9.